The molecule has 0 unspecified atom stereocenters. The van der Waals surface area contributed by atoms with Crippen molar-refractivity contribution in [2.24, 2.45) is 0 Å². The van der Waals surface area contributed by atoms with Crippen molar-refractivity contribution < 1.29 is 0 Å². The second kappa shape index (κ2) is 45.8. The van der Waals surface area contributed by atoms with Crippen molar-refractivity contribution in [3.63, 3.8) is 0 Å². The second-order valence-corrected chi connectivity index (χ2v) is 31.2. The molecule has 0 spiro atoms. The van der Waals surface area contributed by atoms with E-state index in [1.54, 1.807) is 0 Å². The van der Waals surface area contributed by atoms with Gasteiger partial charge in [-0.25, -0.2) is 0 Å². The van der Waals surface area contributed by atoms with Crippen LogP contribution >= 0.6 is 76.1 Å². The Hall–Kier alpha value is -2.42. The molecule has 1 aliphatic rings. The van der Waals surface area contributed by atoms with Crippen LogP contribution in [0.3, 0.4) is 0 Å². The monoisotopic (exact) mass is 1360 g/mol. The molecule has 6 heteroatoms. The minimum atomic E-state index is 1.00. The van der Waals surface area contributed by atoms with Crippen molar-refractivity contribution in [3.05, 3.63) is 115 Å². The SMILES string of the molecule is CCCCCCCCCCCCc1ccc(C#CC#Cc2ccc(CCCCCCCCCCCC)cc2Br)c(Br)c1.CCCCCCCCCCCCc1ccc2c3c(sc2c1)-c1sc2cc(CCCCCCCCCCCC)ccc2c1SS3. The normalized spacial score (nSPS) is 11.7. The van der Waals surface area contributed by atoms with Crippen molar-refractivity contribution in [3.8, 4) is 33.4 Å². The van der Waals surface area contributed by atoms with E-state index in [2.05, 4.69) is 156 Å². The van der Waals surface area contributed by atoms with Gasteiger partial charge in [-0.15, -0.1) is 22.7 Å². The number of unbranched alkanes of at least 4 members (excludes halogenated alkanes) is 36. The highest BCUT2D eigenvalue weighted by Gasteiger charge is 2.27. The molecule has 0 saturated carbocycles. The number of fused-ring (bicyclic) bond motifs is 7. The standard InChI is InChI=1S/C40H56Br2.C40H56S4/c1-3-5-7-9-11-13-15-17-19-21-25-35-29-31-37(39(41)33-35)27-23-24-28-38-32-30-36(34-40(38)42)26-22-20-18-16-14-12-10-8-6-4-2;1-3-5-7-9-11-13-15-17-19-21-23-31-25-27-33-35(29-31)41-39-37(33)43-44-38-34-28-26-32(30-36(34)42-40(38)39)24-22-20-18-16-14-12-10-8-6-4-2/h29-34H,3-22,25-26H2,1-2H3;25-30H,3-24H2,1-2H3. The molecule has 2 aromatic heterocycles. The Morgan fingerprint density at radius 1 is 0.291 bits per heavy atom. The van der Waals surface area contributed by atoms with Gasteiger partial charge >= 0.3 is 0 Å². The Balaban J connectivity index is 0.000000276. The summed E-state index contributed by atoms with van der Waals surface area (Å²) >= 11 is 11.5. The van der Waals surface area contributed by atoms with E-state index in [-0.39, 0.29) is 0 Å². The molecule has 86 heavy (non-hydrogen) atoms. The van der Waals surface area contributed by atoms with Crippen molar-refractivity contribution in [2.75, 3.05) is 0 Å². The molecule has 0 fully saturated rings. The van der Waals surface area contributed by atoms with Crippen LogP contribution in [0.1, 0.15) is 318 Å². The molecule has 1 aliphatic heterocycles. The smallest absolute Gasteiger partial charge is 0.0612 e. The third kappa shape index (κ3) is 28.0. The van der Waals surface area contributed by atoms with E-state index in [0.29, 0.717) is 0 Å². The highest BCUT2D eigenvalue weighted by atomic mass is 79.9. The molecule has 3 heterocycles. The fourth-order valence-electron chi connectivity index (χ4n) is 12.2. The average molecular weight is 1360 g/mol. The molecule has 0 amide bonds. The number of aryl methyl sites for hydroxylation is 4. The summed E-state index contributed by atoms with van der Waals surface area (Å²) in [6, 6.07) is 27.8. The molecule has 4 aromatic carbocycles. The van der Waals surface area contributed by atoms with Crippen LogP contribution in [-0.2, 0) is 25.7 Å². The van der Waals surface area contributed by atoms with Gasteiger partial charge in [-0.05, 0) is 154 Å². The van der Waals surface area contributed by atoms with Crippen LogP contribution in [0, 0.1) is 23.7 Å². The molecule has 0 atom stereocenters. The average Bonchev–Trinajstić information content (AvgIpc) is 1.97. The van der Waals surface area contributed by atoms with Crippen LogP contribution in [0.4, 0.5) is 0 Å². The summed E-state index contributed by atoms with van der Waals surface area (Å²) in [6.07, 6.45) is 60.5. The largest absolute Gasteiger partial charge is 0.133 e. The highest BCUT2D eigenvalue weighted by molar-refractivity contribution is 9.10. The Morgan fingerprint density at radius 3 is 0.802 bits per heavy atom. The minimum Gasteiger partial charge on any atom is -0.133 e. The van der Waals surface area contributed by atoms with Crippen molar-refractivity contribution in [1.82, 2.24) is 0 Å². The fourth-order valence-corrected chi connectivity index (χ4v) is 19.4. The Bertz CT molecular complexity index is 2720. The molecule has 6 aromatic rings. The molecule has 0 N–H and O–H groups in total. The van der Waals surface area contributed by atoms with Crippen molar-refractivity contribution >= 4 is 96.3 Å². The highest BCUT2D eigenvalue weighted by Crippen LogP contribution is 2.61. The molecule has 470 valence electrons. The zero-order valence-corrected chi connectivity index (χ0v) is 60.9. The topological polar surface area (TPSA) is 0 Å². The zero-order chi connectivity index (χ0) is 60.5. The van der Waals surface area contributed by atoms with Gasteiger partial charge in [0.1, 0.15) is 0 Å². The number of hydrogen-bond acceptors (Lipinski definition) is 4. The number of halogens is 2. The number of rotatable bonds is 44. The van der Waals surface area contributed by atoms with Gasteiger partial charge < -0.3 is 0 Å². The minimum absolute atomic E-state index is 1.00. The van der Waals surface area contributed by atoms with E-state index in [9.17, 15) is 0 Å². The second-order valence-electron chi connectivity index (χ2n) is 25.2. The van der Waals surface area contributed by atoms with Crippen molar-refractivity contribution in [2.45, 2.75) is 320 Å². The first-order valence-electron chi connectivity index (χ1n) is 35.5. The van der Waals surface area contributed by atoms with Crippen LogP contribution in [0.2, 0.25) is 0 Å². The van der Waals surface area contributed by atoms with E-state index in [1.165, 1.54) is 332 Å². The van der Waals surface area contributed by atoms with Crippen LogP contribution in [0.5, 0.6) is 0 Å². The van der Waals surface area contributed by atoms with Gasteiger partial charge in [-0.1, -0.05) is 329 Å². The molecule has 0 saturated heterocycles. The van der Waals surface area contributed by atoms with Gasteiger partial charge in [0, 0.05) is 50.0 Å². The van der Waals surface area contributed by atoms with Crippen LogP contribution in [0.25, 0.3) is 29.9 Å². The van der Waals surface area contributed by atoms with Gasteiger partial charge in [0.15, 0.2) is 0 Å². The van der Waals surface area contributed by atoms with E-state index in [4.69, 9.17) is 0 Å². The third-order valence-electron chi connectivity index (χ3n) is 17.6. The zero-order valence-electron chi connectivity index (χ0n) is 54.4. The quantitative estimate of drug-likeness (QED) is 0.0212. The Labute approximate surface area is 560 Å². The maximum absolute atomic E-state index is 3.72. The molecular formula is C80H112Br2S4. The third-order valence-corrected chi connectivity index (χ3v) is 24.2. The number of benzene rings is 4. The lowest BCUT2D eigenvalue weighted by atomic mass is 10.0. The molecule has 0 radical (unpaired) electrons. The van der Waals surface area contributed by atoms with Gasteiger partial charge in [0.2, 0.25) is 0 Å². The summed E-state index contributed by atoms with van der Waals surface area (Å²) in [5.41, 5.74) is 7.84. The summed E-state index contributed by atoms with van der Waals surface area (Å²) in [4.78, 5) is 6.05. The predicted octanol–water partition coefficient (Wildman–Crippen LogP) is 29.4. The van der Waals surface area contributed by atoms with Gasteiger partial charge in [-0.2, -0.15) is 0 Å². The van der Waals surface area contributed by atoms with Gasteiger partial charge in [0.25, 0.3) is 0 Å². The number of thiophene rings is 2. The first-order valence-corrected chi connectivity index (χ1v) is 40.8. The molecule has 0 nitrogen and oxygen atoms in total. The summed E-state index contributed by atoms with van der Waals surface area (Å²) in [7, 11) is 3.99. The van der Waals surface area contributed by atoms with Crippen LogP contribution < -0.4 is 0 Å². The lowest BCUT2D eigenvalue weighted by Crippen LogP contribution is -1.89. The predicted molar refractivity (Wildman–Crippen MR) is 399 cm³/mol. The fraction of sp³-hybridized carbons (Fsp3) is 0.600. The summed E-state index contributed by atoms with van der Waals surface area (Å²) < 4.78 is 5.11. The van der Waals surface area contributed by atoms with Crippen molar-refractivity contribution in [1.29, 1.82) is 0 Å². The van der Waals surface area contributed by atoms with E-state index >= 15 is 0 Å². The number of hydrogen-bond donors (Lipinski definition) is 0. The molecule has 0 bridgehead atoms. The lowest BCUT2D eigenvalue weighted by Gasteiger charge is -2.11. The van der Waals surface area contributed by atoms with Crippen LogP contribution in [-0.4, -0.2) is 0 Å². The Kier molecular flexibility index (Phi) is 38.7. The van der Waals surface area contributed by atoms with E-state index in [1.807, 2.05) is 44.3 Å². The molecule has 7 rings (SSSR count). The first kappa shape index (κ1) is 72.6. The summed E-state index contributed by atoms with van der Waals surface area (Å²) in [6.45, 7) is 9.18. The van der Waals surface area contributed by atoms with E-state index < -0.39 is 0 Å². The molecule has 0 aliphatic carbocycles. The maximum atomic E-state index is 3.72. The molecular weight excluding hydrogens is 1250 g/mol. The summed E-state index contributed by atoms with van der Waals surface area (Å²) in [5, 5.41) is 2.94. The van der Waals surface area contributed by atoms with Gasteiger partial charge in [0.05, 0.1) is 9.75 Å². The Morgan fingerprint density at radius 2 is 0.535 bits per heavy atom. The van der Waals surface area contributed by atoms with Crippen LogP contribution in [0.15, 0.2) is 91.5 Å². The maximum Gasteiger partial charge on any atom is 0.0612 e. The van der Waals surface area contributed by atoms with E-state index in [0.717, 1.165) is 32.9 Å². The summed E-state index contributed by atoms with van der Waals surface area (Å²) in [5.74, 6) is 12.6. The van der Waals surface area contributed by atoms with Gasteiger partial charge in [-0.3, -0.25) is 0 Å². The lowest BCUT2D eigenvalue weighted by molar-refractivity contribution is 0.556. The first-order chi connectivity index (χ1) is 42.4.